The molecule has 0 atom stereocenters. The quantitative estimate of drug-likeness (QED) is 0.130. The summed E-state index contributed by atoms with van der Waals surface area (Å²) in [5.74, 6) is 0. The number of rotatable bonds is 6. The molecule has 2 aromatic heterocycles. The van der Waals surface area contributed by atoms with Gasteiger partial charge < -0.3 is 8.83 Å². The minimum Gasteiger partial charge on any atom is -0.456 e. The second kappa shape index (κ2) is 11.9. The van der Waals surface area contributed by atoms with Crippen LogP contribution in [-0.2, 0) is 0 Å². The first-order valence-corrected chi connectivity index (χ1v) is 19.4. The van der Waals surface area contributed by atoms with Gasteiger partial charge in [0.2, 0.25) is 0 Å². The lowest BCUT2D eigenvalue weighted by atomic mass is 10.0. The van der Waals surface area contributed by atoms with E-state index in [1.807, 2.05) is 24.3 Å². The molecule has 0 spiro atoms. The van der Waals surface area contributed by atoms with Crippen molar-refractivity contribution >= 4 is 72.7 Å². The summed E-state index contributed by atoms with van der Waals surface area (Å²) in [5.41, 5.74) is 8.26. The highest BCUT2D eigenvalue weighted by atomic mass is 28.3. The van der Waals surface area contributed by atoms with Crippen molar-refractivity contribution < 1.29 is 8.83 Å². The predicted molar refractivity (Wildman–Crippen MR) is 215 cm³/mol. The van der Waals surface area contributed by atoms with Gasteiger partial charge in [-0.05, 0) is 79.4 Å². The Morgan fingerprint density at radius 1 is 0.255 bits per heavy atom. The van der Waals surface area contributed by atoms with Crippen LogP contribution in [0.2, 0.25) is 0 Å². The molecule has 10 rings (SSSR count). The second-order valence-corrected chi connectivity index (χ2v) is 17.1. The Kier molecular flexibility index (Phi) is 6.86. The van der Waals surface area contributed by atoms with E-state index in [2.05, 4.69) is 170 Å². The third kappa shape index (κ3) is 4.78. The summed E-state index contributed by atoms with van der Waals surface area (Å²) >= 11 is 0. The SMILES string of the molecule is c1ccc([Si](c2ccccc2)(c2cccc(-c3ccc4c(c3)oc3ccccc34)c2)c2cccc(-c3ccc4c(c3)oc3ccccc34)c2)cc1. The number of para-hydroxylation sites is 2. The molecule has 51 heavy (non-hydrogen) atoms. The molecule has 8 aromatic carbocycles. The van der Waals surface area contributed by atoms with E-state index in [0.29, 0.717) is 0 Å². The van der Waals surface area contributed by atoms with Crippen LogP contribution in [0.5, 0.6) is 0 Å². The lowest BCUT2D eigenvalue weighted by molar-refractivity contribution is 0.668. The van der Waals surface area contributed by atoms with Gasteiger partial charge in [-0.25, -0.2) is 0 Å². The fraction of sp³-hybridized carbons (Fsp3) is 0. The van der Waals surface area contributed by atoms with Crippen LogP contribution < -0.4 is 20.7 Å². The number of benzene rings is 8. The molecule has 0 amide bonds. The minimum absolute atomic E-state index is 0.905. The van der Waals surface area contributed by atoms with Crippen molar-refractivity contribution in [1.82, 2.24) is 0 Å². The van der Waals surface area contributed by atoms with Gasteiger partial charge in [-0.3, -0.25) is 0 Å². The maximum Gasteiger partial charge on any atom is 0.179 e. The molecule has 0 saturated heterocycles. The molecular formula is C48H32O2Si. The van der Waals surface area contributed by atoms with Crippen LogP contribution in [0.25, 0.3) is 66.1 Å². The second-order valence-electron chi connectivity index (χ2n) is 13.3. The topological polar surface area (TPSA) is 26.3 Å². The zero-order valence-corrected chi connectivity index (χ0v) is 28.8. The predicted octanol–water partition coefficient (Wildman–Crippen LogP) is 10.2. The molecule has 0 aliphatic heterocycles. The zero-order valence-electron chi connectivity index (χ0n) is 27.8. The maximum atomic E-state index is 6.32. The zero-order chi connectivity index (χ0) is 33.8. The van der Waals surface area contributed by atoms with E-state index in [9.17, 15) is 0 Å². The Morgan fingerprint density at radius 2 is 0.627 bits per heavy atom. The van der Waals surface area contributed by atoms with E-state index in [1.54, 1.807) is 0 Å². The number of furan rings is 2. The van der Waals surface area contributed by atoms with Crippen molar-refractivity contribution in [2.45, 2.75) is 0 Å². The van der Waals surface area contributed by atoms with Crippen molar-refractivity contribution in [1.29, 1.82) is 0 Å². The standard InChI is InChI=1S/C48H32O2Si/c1-3-15-37(16-4-1)51(38-17-5-2-6-18-38,39-19-11-13-33(29-39)35-25-27-43-41-21-7-9-23-45(41)49-47(43)31-35)40-20-12-14-34(30-40)36-26-28-44-42-22-8-10-24-46(42)50-48(44)32-36/h1-32H. The van der Waals surface area contributed by atoms with E-state index in [1.165, 1.54) is 31.9 Å². The van der Waals surface area contributed by atoms with Crippen LogP contribution in [0.3, 0.4) is 0 Å². The van der Waals surface area contributed by atoms with E-state index < -0.39 is 8.07 Å². The minimum atomic E-state index is -2.84. The third-order valence-corrected chi connectivity index (χ3v) is 15.2. The molecule has 3 heteroatoms. The molecule has 0 fully saturated rings. The van der Waals surface area contributed by atoms with Crippen molar-refractivity contribution in [2.75, 3.05) is 0 Å². The van der Waals surface area contributed by atoms with Crippen LogP contribution in [0.4, 0.5) is 0 Å². The molecule has 0 aliphatic carbocycles. The molecule has 2 nitrogen and oxygen atoms in total. The van der Waals surface area contributed by atoms with Gasteiger partial charge in [0.05, 0.1) is 0 Å². The molecule has 2 heterocycles. The lowest BCUT2D eigenvalue weighted by Crippen LogP contribution is -2.74. The van der Waals surface area contributed by atoms with Crippen molar-refractivity contribution in [3.63, 3.8) is 0 Å². The molecule has 0 aliphatic rings. The Balaban J connectivity index is 1.18. The Morgan fingerprint density at radius 3 is 1.10 bits per heavy atom. The highest BCUT2D eigenvalue weighted by Gasteiger charge is 2.41. The first-order valence-electron chi connectivity index (χ1n) is 17.4. The largest absolute Gasteiger partial charge is 0.456 e. The van der Waals surface area contributed by atoms with Crippen LogP contribution >= 0.6 is 0 Å². The van der Waals surface area contributed by atoms with Crippen LogP contribution in [-0.4, -0.2) is 8.07 Å². The number of fused-ring (bicyclic) bond motifs is 6. The Hall–Kier alpha value is -6.42. The number of hydrogen-bond donors (Lipinski definition) is 0. The average Bonchev–Trinajstić information content (AvgIpc) is 3.77. The highest BCUT2D eigenvalue weighted by Crippen LogP contribution is 2.34. The van der Waals surface area contributed by atoms with E-state index in [0.717, 1.165) is 55.0 Å². The summed E-state index contributed by atoms with van der Waals surface area (Å²) in [6.45, 7) is 0. The van der Waals surface area contributed by atoms with Gasteiger partial charge in [0.25, 0.3) is 0 Å². The molecule has 240 valence electrons. The fourth-order valence-corrected chi connectivity index (χ4v) is 12.9. The van der Waals surface area contributed by atoms with Crippen LogP contribution in [0.1, 0.15) is 0 Å². The smallest absolute Gasteiger partial charge is 0.179 e. The van der Waals surface area contributed by atoms with Crippen LogP contribution in [0, 0.1) is 0 Å². The summed E-state index contributed by atoms with van der Waals surface area (Å²) in [4.78, 5) is 0. The van der Waals surface area contributed by atoms with E-state index >= 15 is 0 Å². The van der Waals surface area contributed by atoms with Crippen LogP contribution in [0.15, 0.2) is 203 Å². The Bertz CT molecular complexity index is 2670. The summed E-state index contributed by atoms with van der Waals surface area (Å²) in [6, 6.07) is 70.4. The summed E-state index contributed by atoms with van der Waals surface area (Å²) in [5, 5.41) is 9.90. The van der Waals surface area contributed by atoms with E-state index in [4.69, 9.17) is 8.83 Å². The van der Waals surface area contributed by atoms with Gasteiger partial charge in [-0.2, -0.15) is 0 Å². The third-order valence-electron chi connectivity index (χ3n) is 10.4. The van der Waals surface area contributed by atoms with Gasteiger partial charge in [0, 0.05) is 21.5 Å². The van der Waals surface area contributed by atoms with Gasteiger partial charge in [0.15, 0.2) is 8.07 Å². The van der Waals surface area contributed by atoms with Crippen molar-refractivity contribution in [3.8, 4) is 22.3 Å². The van der Waals surface area contributed by atoms with Crippen molar-refractivity contribution in [3.05, 3.63) is 194 Å². The molecule has 0 unspecified atom stereocenters. The lowest BCUT2D eigenvalue weighted by Gasteiger charge is -2.35. The van der Waals surface area contributed by atoms with Gasteiger partial charge in [0.1, 0.15) is 22.3 Å². The monoisotopic (exact) mass is 668 g/mol. The Labute approximate surface area is 296 Å². The summed E-state index contributed by atoms with van der Waals surface area (Å²) in [6.07, 6.45) is 0. The summed E-state index contributed by atoms with van der Waals surface area (Å²) in [7, 11) is -2.84. The van der Waals surface area contributed by atoms with E-state index in [-0.39, 0.29) is 0 Å². The first-order chi connectivity index (χ1) is 25.3. The molecular weight excluding hydrogens is 637 g/mol. The molecule has 0 bridgehead atoms. The number of hydrogen-bond acceptors (Lipinski definition) is 2. The molecule has 0 radical (unpaired) electrons. The molecule has 0 N–H and O–H groups in total. The fourth-order valence-electron chi connectivity index (χ4n) is 8.05. The van der Waals surface area contributed by atoms with Gasteiger partial charge in [-0.1, -0.05) is 158 Å². The van der Waals surface area contributed by atoms with Gasteiger partial charge in [-0.15, -0.1) is 0 Å². The van der Waals surface area contributed by atoms with Crippen molar-refractivity contribution in [2.24, 2.45) is 0 Å². The van der Waals surface area contributed by atoms with Gasteiger partial charge >= 0.3 is 0 Å². The molecule has 10 aromatic rings. The maximum absolute atomic E-state index is 6.32. The summed E-state index contributed by atoms with van der Waals surface area (Å²) < 4.78 is 12.6. The first kappa shape index (κ1) is 29.5. The molecule has 0 saturated carbocycles. The normalized spacial score (nSPS) is 11.9. The average molecular weight is 669 g/mol. The highest BCUT2D eigenvalue weighted by molar-refractivity contribution is 7.20.